The summed E-state index contributed by atoms with van der Waals surface area (Å²) in [7, 11) is 0. The summed E-state index contributed by atoms with van der Waals surface area (Å²) in [6.07, 6.45) is 10.9. The van der Waals surface area contributed by atoms with E-state index < -0.39 is 0 Å². The van der Waals surface area contributed by atoms with Crippen molar-refractivity contribution in [1.82, 2.24) is 0 Å². The van der Waals surface area contributed by atoms with Gasteiger partial charge in [0.25, 0.3) is 0 Å². The lowest BCUT2D eigenvalue weighted by molar-refractivity contribution is 0.425. The summed E-state index contributed by atoms with van der Waals surface area (Å²) >= 11 is 0. The Morgan fingerprint density at radius 1 is 0.708 bits per heavy atom. The van der Waals surface area contributed by atoms with Gasteiger partial charge in [0.05, 0.1) is 11.7 Å². The fraction of sp³-hybridized carbons (Fsp3) is 0.130. The van der Waals surface area contributed by atoms with Gasteiger partial charge in [-0.05, 0) is 28.3 Å². The van der Waals surface area contributed by atoms with Crippen molar-refractivity contribution in [1.29, 1.82) is 0 Å². The van der Waals surface area contributed by atoms with Gasteiger partial charge in [0.15, 0.2) is 0 Å². The number of hydrogen-bond donors (Lipinski definition) is 0. The summed E-state index contributed by atoms with van der Waals surface area (Å²) in [5, 5.41) is 0. The van der Waals surface area contributed by atoms with Crippen LogP contribution in [0.5, 0.6) is 0 Å². The number of hydrogen-bond acceptors (Lipinski definition) is 1. The highest BCUT2D eigenvalue weighted by atomic mass is 16.3. The fourth-order valence-electron chi connectivity index (χ4n) is 5.27. The molecule has 24 heavy (non-hydrogen) atoms. The Kier molecular flexibility index (Phi) is 2.20. The van der Waals surface area contributed by atoms with Gasteiger partial charge in [0, 0.05) is 17.4 Å². The van der Waals surface area contributed by atoms with E-state index in [0.29, 0.717) is 11.8 Å². The van der Waals surface area contributed by atoms with Crippen LogP contribution in [0.25, 0.3) is 11.1 Å². The van der Waals surface area contributed by atoms with Crippen molar-refractivity contribution in [3.05, 3.63) is 108 Å². The van der Waals surface area contributed by atoms with Gasteiger partial charge in [0.2, 0.25) is 0 Å². The van der Waals surface area contributed by atoms with Crippen LogP contribution in [0.4, 0.5) is 0 Å². The van der Waals surface area contributed by atoms with Crippen LogP contribution in [-0.2, 0) is 5.41 Å². The van der Waals surface area contributed by atoms with Gasteiger partial charge in [-0.1, -0.05) is 72.8 Å². The molecule has 2 unspecified atom stereocenters. The molecule has 1 heteroatoms. The molecule has 0 bridgehead atoms. The molecule has 3 aromatic rings. The molecule has 1 spiro atoms. The molecule has 6 rings (SSSR count). The topological polar surface area (TPSA) is 13.1 Å². The molecular formula is C23H16O. The van der Waals surface area contributed by atoms with E-state index in [9.17, 15) is 0 Å². The summed E-state index contributed by atoms with van der Waals surface area (Å²) < 4.78 is 5.98. The maximum atomic E-state index is 5.98. The summed E-state index contributed by atoms with van der Waals surface area (Å²) in [4.78, 5) is 0. The molecule has 0 aliphatic heterocycles. The molecule has 0 saturated carbocycles. The van der Waals surface area contributed by atoms with Gasteiger partial charge in [-0.25, -0.2) is 0 Å². The van der Waals surface area contributed by atoms with E-state index in [1.54, 1.807) is 0 Å². The van der Waals surface area contributed by atoms with Gasteiger partial charge in [-0.3, -0.25) is 0 Å². The summed E-state index contributed by atoms with van der Waals surface area (Å²) in [6, 6.07) is 20.0. The lowest BCUT2D eigenvalue weighted by atomic mass is 9.65. The molecule has 0 saturated heterocycles. The molecule has 0 fully saturated rings. The van der Waals surface area contributed by atoms with Gasteiger partial charge in [-0.15, -0.1) is 0 Å². The van der Waals surface area contributed by atoms with Crippen LogP contribution < -0.4 is 0 Å². The largest absolute Gasteiger partial charge is 0.468 e. The first-order valence-electron chi connectivity index (χ1n) is 8.54. The molecule has 3 aliphatic rings. The molecule has 2 aromatic carbocycles. The fourth-order valence-corrected chi connectivity index (χ4v) is 5.27. The van der Waals surface area contributed by atoms with E-state index in [0.717, 1.165) is 5.76 Å². The smallest absolute Gasteiger partial charge is 0.115 e. The zero-order chi connectivity index (χ0) is 15.7. The Balaban J connectivity index is 1.80. The molecule has 1 aromatic heterocycles. The minimum absolute atomic E-state index is 0.124. The number of rotatable bonds is 0. The molecule has 2 atom stereocenters. The van der Waals surface area contributed by atoms with Crippen molar-refractivity contribution in [3.63, 3.8) is 0 Å². The van der Waals surface area contributed by atoms with Crippen LogP contribution in [0, 0.1) is 5.92 Å². The van der Waals surface area contributed by atoms with Gasteiger partial charge in [0.1, 0.15) is 5.76 Å². The predicted octanol–water partition coefficient (Wildman–Crippen LogP) is 5.43. The highest BCUT2D eigenvalue weighted by Crippen LogP contribution is 2.65. The van der Waals surface area contributed by atoms with E-state index in [-0.39, 0.29) is 5.41 Å². The maximum absolute atomic E-state index is 5.98. The third-order valence-corrected chi connectivity index (χ3v) is 6.05. The van der Waals surface area contributed by atoms with Gasteiger partial charge < -0.3 is 4.42 Å². The average Bonchev–Trinajstić information content (AvgIpc) is 3.30. The van der Waals surface area contributed by atoms with E-state index in [2.05, 4.69) is 78.9 Å². The molecule has 1 nitrogen and oxygen atoms in total. The minimum Gasteiger partial charge on any atom is -0.468 e. The summed E-state index contributed by atoms with van der Waals surface area (Å²) in [5.41, 5.74) is 6.78. The lowest BCUT2D eigenvalue weighted by Gasteiger charge is -2.35. The molecule has 0 amide bonds. The van der Waals surface area contributed by atoms with Crippen molar-refractivity contribution < 1.29 is 4.42 Å². The van der Waals surface area contributed by atoms with E-state index in [1.165, 1.54) is 27.8 Å². The molecule has 114 valence electrons. The molecular weight excluding hydrogens is 292 g/mol. The monoisotopic (exact) mass is 308 g/mol. The van der Waals surface area contributed by atoms with Crippen LogP contribution >= 0.6 is 0 Å². The van der Waals surface area contributed by atoms with Crippen molar-refractivity contribution in [2.45, 2.75) is 11.3 Å². The maximum Gasteiger partial charge on any atom is 0.115 e. The number of furan rings is 1. The first-order chi connectivity index (χ1) is 11.9. The SMILES string of the molecule is C1=CC2c3occc3C3(c4ccccc4-c4ccccc43)C2C=C1. The van der Waals surface area contributed by atoms with Crippen molar-refractivity contribution in [2.75, 3.05) is 0 Å². The Labute approximate surface area is 140 Å². The standard InChI is InChI=1S/C23H16O/c1-4-10-18-15(7-1)16-8-2-5-11-19(16)23(18)20-12-6-3-9-17(20)22-21(23)13-14-24-22/h1-14,17,20H. The summed E-state index contributed by atoms with van der Waals surface area (Å²) in [6.45, 7) is 0. The Hall–Kier alpha value is -2.80. The van der Waals surface area contributed by atoms with E-state index >= 15 is 0 Å². The Bertz CT molecular complexity index is 988. The van der Waals surface area contributed by atoms with Crippen molar-refractivity contribution in [2.24, 2.45) is 5.92 Å². The molecule has 1 heterocycles. The second-order valence-electron chi connectivity index (χ2n) is 6.92. The molecule has 0 N–H and O–H groups in total. The van der Waals surface area contributed by atoms with E-state index in [4.69, 9.17) is 4.42 Å². The van der Waals surface area contributed by atoms with Crippen LogP contribution in [0.2, 0.25) is 0 Å². The van der Waals surface area contributed by atoms with E-state index in [1.807, 2.05) is 6.26 Å². The summed E-state index contributed by atoms with van der Waals surface area (Å²) in [5.74, 6) is 1.83. The minimum atomic E-state index is -0.124. The third-order valence-electron chi connectivity index (χ3n) is 6.05. The first kappa shape index (κ1) is 12.6. The van der Waals surface area contributed by atoms with Crippen LogP contribution in [0.3, 0.4) is 0 Å². The average molecular weight is 308 g/mol. The second-order valence-corrected chi connectivity index (χ2v) is 6.92. The van der Waals surface area contributed by atoms with Gasteiger partial charge in [-0.2, -0.15) is 0 Å². The van der Waals surface area contributed by atoms with Crippen molar-refractivity contribution >= 4 is 0 Å². The van der Waals surface area contributed by atoms with Gasteiger partial charge >= 0.3 is 0 Å². The third kappa shape index (κ3) is 1.22. The molecule has 3 aliphatic carbocycles. The Morgan fingerprint density at radius 2 is 1.38 bits per heavy atom. The highest BCUT2D eigenvalue weighted by Gasteiger charge is 2.58. The highest BCUT2D eigenvalue weighted by molar-refractivity contribution is 5.85. The normalized spacial score (nSPS) is 23.8. The van der Waals surface area contributed by atoms with Crippen LogP contribution in [0.1, 0.15) is 28.4 Å². The zero-order valence-electron chi connectivity index (χ0n) is 13.1. The van der Waals surface area contributed by atoms with Crippen LogP contribution in [-0.4, -0.2) is 0 Å². The predicted molar refractivity (Wildman–Crippen MR) is 95.0 cm³/mol. The second kappa shape index (κ2) is 4.18. The number of allylic oxidation sites excluding steroid dienone is 4. The quantitative estimate of drug-likeness (QED) is 0.539. The molecule has 0 radical (unpaired) electrons. The number of fused-ring (bicyclic) bond motifs is 10. The number of benzene rings is 2. The zero-order valence-corrected chi connectivity index (χ0v) is 13.1. The first-order valence-corrected chi connectivity index (χ1v) is 8.54. The van der Waals surface area contributed by atoms with Crippen LogP contribution in [0.15, 0.2) is 89.6 Å². The van der Waals surface area contributed by atoms with Crippen molar-refractivity contribution in [3.8, 4) is 11.1 Å². The Morgan fingerprint density at radius 3 is 2.12 bits per heavy atom. The lowest BCUT2D eigenvalue weighted by Crippen LogP contribution is -2.32.